The molecule has 2 fully saturated rings. The molecule has 2 saturated heterocycles. The lowest BCUT2D eigenvalue weighted by atomic mass is 9.74. The number of carbonyl (C=O) groups is 3. The van der Waals surface area contributed by atoms with Crippen LogP contribution < -0.4 is 10.1 Å². The van der Waals surface area contributed by atoms with Crippen molar-refractivity contribution in [3.8, 4) is 11.4 Å². The van der Waals surface area contributed by atoms with Crippen LogP contribution in [0.4, 0.5) is 0 Å². The second-order valence-corrected chi connectivity index (χ2v) is 10.8. The van der Waals surface area contributed by atoms with E-state index in [0.717, 1.165) is 49.5 Å². The second-order valence-electron chi connectivity index (χ2n) is 10.8. The number of hydrogen-bond acceptors (Lipinski definition) is 6. The summed E-state index contributed by atoms with van der Waals surface area (Å²) in [4.78, 5) is 41.3. The minimum atomic E-state index is -0.617. The number of aromatic nitrogens is 2. The Balaban J connectivity index is 1.06. The maximum atomic E-state index is 13.2. The molecule has 4 aliphatic heterocycles. The van der Waals surface area contributed by atoms with E-state index in [1.807, 2.05) is 23.0 Å². The summed E-state index contributed by atoms with van der Waals surface area (Å²) in [6.45, 7) is 3.78. The zero-order valence-electron chi connectivity index (χ0n) is 21.1. The third-order valence-corrected chi connectivity index (χ3v) is 8.63. The number of carbonyl (C=O) groups excluding carboxylic acids is 3. The van der Waals surface area contributed by atoms with E-state index >= 15 is 0 Å². The normalized spacial score (nSPS) is 22.4. The van der Waals surface area contributed by atoms with Gasteiger partial charge in [-0.1, -0.05) is 18.2 Å². The zero-order chi connectivity index (χ0) is 25.9. The number of nitrogens with zero attached hydrogens (tertiary/aromatic N) is 4. The summed E-state index contributed by atoms with van der Waals surface area (Å²) in [6, 6.07) is 13.8. The summed E-state index contributed by atoms with van der Waals surface area (Å²) in [5.74, 6) is -0.00229. The molecule has 1 atom stereocenters. The highest BCUT2D eigenvalue weighted by Crippen LogP contribution is 2.49. The second kappa shape index (κ2) is 8.80. The molecule has 0 bridgehead atoms. The lowest BCUT2D eigenvalue weighted by molar-refractivity contribution is -0.136. The van der Waals surface area contributed by atoms with Crippen molar-refractivity contribution in [1.82, 2.24) is 24.9 Å². The highest BCUT2D eigenvalue weighted by Gasteiger charge is 2.47. The molecule has 1 spiro atoms. The van der Waals surface area contributed by atoms with Crippen molar-refractivity contribution >= 4 is 17.7 Å². The molecule has 1 unspecified atom stereocenters. The Morgan fingerprint density at radius 3 is 2.74 bits per heavy atom. The molecule has 4 aliphatic rings. The maximum absolute atomic E-state index is 13.2. The number of nitrogens with one attached hydrogen (secondary N) is 1. The molecule has 0 radical (unpaired) electrons. The number of rotatable bonds is 4. The Morgan fingerprint density at radius 2 is 1.95 bits per heavy atom. The monoisotopic (exact) mass is 511 g/mol. The van der Waals surface area contributed by atoms with Gasteiger partial charge < -0.3 is 9.64 Å². The number of amides is 3. The molecule has 9 nitrogen and oxygen atoms in total. The standard InChI is InChI=1S/C29H29N5O4/c35-25-8-7-24(27(36)31-25)33-17-22-21(28(33)37)5-6-23-26(22)38-18-29(23)9-13-32(14-10-29)16-19-3-1-4-20(15-19)34-12-2-11-30-34/h1-6,11-12,15,24H,7-10,13-14,16-18H2,(H,31,35,36). The van der Waals surface area contributed by atoms with Crippen LogP contribution in [-0.2, 0) is 28.1 Å². The summed E-state index contributed by atoms with van der Waals surface area (Å²) in [7, 11) is 0. The third kappa shape index (κ3) is 3.72. The first kappa shape index (κ1) is 23.2. The van der Waals surface area contributed by atoms with E-state index in [2.05, 4.69) is 45.6 Å². The summed E-state index contributed by atoms with van der Waals surface area (Å²) >= 11 is 0. The van der Waals surface area contributed by atoms with E-state index in [0.29, 0.717) is 25.1 Å². The van der Waals surface area contributed by atoms with E-state index in [-0.39, 0.29) is 29.6 Å². The van der Waals surface area contributed by atoms with Crippen LogP contribution in [0.5, 0.6) is 5.75 Å². The Bertz CT molecular complexity index is 1440. The molecule has 3 amide bonds. The lowest BCUT2D eigenvalue weighted by Gasteiger charge is -2.38. The molecule has 5 heterocycles. The molecule has 2 aromatic carbocycles. The lowest BCUT2D eigenvalue weighted by Crippen LogP contribution is -2.52. The molecular formula is C29H29N5O4. The molecular weight excluding hydrogens is 482 g/mol. The van der Waals surface area contributed by atoms with Crippen molar-refractivity contribution in [2.45, 2.75) is 50.2 Å². The number of fused-ring (bicyclic) bond motifs is 4. The van der Waals surface area contributed by atoms with Crippen LogP contribution in [0.15, 0.2) is 54.9 Å². The van der Waals surface area contributed by atoms with Gasteiger partial charge in [0.15, 0.2) is 0 Å². The van der Waals surface area contributed by atoms with E-state index in [1.54, 1.807) is 11.1 Å². The first-order valence-electron chi connectivity index (χ1n) is 13.3. The number of piperidine rings is 2. The van der Waals surface area contributed by atoms with Gasteiger partial charge in [-0.2, -0.15) is 5.10 Å². The Kier molecular flexibility index (Phi) is 5.36. The van der Waals surface area contributed by atoms with Crippen molar-refractivity contribution < 1.29 is 19.1 Å². The highest BCUT2D eigenvalue weighted by molar-refractivity contribution is 6.05. The molecule has 1 N–H and O–H groups in total. The number of benzene rings is 2. The van der Waals surface area contributed by atoms with E-state index < -0.39 is 6.04 Å². The Morgan fingerprint density at radius 1 is 1.08 bits per heavy atom. The van der Waals surface area contributed by atoms with Crippen molar-refractivity contribution in [3.63, 3.8) is 0 Å². The van der Waals surface area contributed by atoms with Crippen LogP contribution in [0.25, 0.3) is 5.69 Å². The van der Waals surface area contributed by atoms with Gasteiger partial charge in [-0.3, -0.25) is 24.6 Å². The van der Waals surface area contributed by atoms with Gasteiger partial charge in [0.1, 0.15) is 11.8 Å². The molecule has 1 aromatic heterocycles. The van der Waals surface area contributed by atoms with Crippen LogP contribution in [0.2, 0.25) is 0 Å². The number of likely N-dealkylation sites (tertiary alicyclic amines) is 1. The smallest absolute Gasteiger partial charge is 0.255 e. The van der Waals surface area contributed by atoms with E-state index in [1.165, 1.54) is 11.1 Å². The quantitative estimate of drug-likeness (QED) is 0.541. The van der Waals surface area contributed by atoms with Gasteiger partial charge in [-0.15, -0.1) is 0 Å². The van der Waals surface area contributed by atoms with Crippen LogP contribution in [0.1, 0.15) is 52.7 Å². The van der Waals surface area contributed by atoms with E-state index in [4.69, 9.17) is 4.74 Å². The van der Waals surface area contributed by atoms with Crippen LogP contribution >= 0.6 is 0 Å². The SMILES string of the molecule is O=C1CCC(N2Cc3c(ccc4c3OCC43CCN(Cc4cccc(-n5cccn5)c4)CC3)C2=O)C(=O)N1. The van der Waals surface area contributed by atoms with Gasteiger partial charge in [-0.25, -0.2) is 4.68 Å². The van der Waals surface area contributed by atoms with Crippen molar-refractivity contribution in [3.05, 3.63) is 77.1 Å². The fourth-order valence-electron chi connectivity index (χ4n) is 6.51. The molecule has 0 saturated carbocycles. The van der Waals surface area contributed by atoms with Gasteiger partial charge in [-0.05, 0) is 62.2 Å². The van der Waals surface area contributed by atoms with Crippen molar-refractivity contribution in [2.75, 3.05) is 19.7 Å². The first-order chi connectivity index (χ1) is 18.5. The topological polar surface area (TPSA) is 96.8 Å². The molecule has 194 valence electrons. The molecule has 3 aromatic rings. The van der Waals surface area contributed by atoms with Gasteiger partial charge in [0.05, 0.1) is 18.8 Å². The van der Waals surface area contributed by atoms with Crippen LogP contribution in [0, 0.1) is 0 Å². The van der Waals surface area contributed by atoms with Crippen molar-refractivity contribution in [2.24, 2.45) is 0 Å². The largest absolute Gasteiger partial charge is 0.492 e. The average molecular weight is 512 g/mol. The summed E-state index contributed by atoms with van der Waals surface area (Å²) in [5.41, 5.74) is 4.96. The Labute approximate surface area is 220 Å². The minimum Gasteiger partial charge on any atom is -0.492 e. The summed E-state index contributed by atoms with van der Waals surface area (Å²) < 4.78 is 8.19. The summed E-state index contributed by atoms with van der Waals surface area (Å²) in [6.07, 6.45) is 6.33. The van der Waals surface area contributed by atoms with Crippen molar-refractivity contribution in [1.29, 1.82) is 0 Å². The first-order valence-corrected chi connectivity index (χ1v) is 13.3. The fourth-order valence-corrected chi connectivity index (χ4v) is 6.51. The molecule has 7 rings (SSSR count). The number of ether oxygens (including phenoxy) is 1. The predicted molar refractivity (Wildman–Crippen MR) is 138 cm³/mol. The summed E-state index contributed by atoms with van der Waals surface area (Å²) in [5, 5.41) is 6.71. The molecule has 9 heteroatoms. The molecule has 0 aliphatic carbocycles. The maximum Gasteiger partial charge on any atom is 0.255 e. The van der Waals surface area contributed by atoms with Crippen LogP contribution in [-0.4, -0.2) is 63.0 Å². The fraction of sp³-hybridized carbons (Fsp3) is 0.379. The van der Waals surface area contributed by atoms with Crippen LogP contribution in [0.3, 0.4) is 0 Å². The number of hydrogen-bond donors (Lipinski definition) is 1. The average Bonchev–Trinajstić information content (AvgIpc) is 3.65. The third-order valence-electron chi connectivity index (χ3n) is 8.63. The minimum absolute atomic E-state index is 0.0527. The van der Waals surface area contributed by atoms with E-state index in [9.17, 15) is 14.4 Å². The highest BCUT2D eigenvalue weighted by atomic mass is 16.5. The van der Waals surface area contributed by atoms with Gasteiger partial charge >= 0.3 is 0 Å². The Hall–Kier alpha value is -3.98. The van der Waals surface area contributed by atoms with Gasteiger partial charge in [0, 0.05) is 47.5 Å². The van der Waals surface area contributed by atoms with Gasteiger partial charge in [0.25, 0.3) is 5.91 Å². The zero-order valence-corrected chi connectivity index (χ0v) is 21.1. The molecule has 38 heavy (non-hydrogen) atoms. The predicted octanol–water partition coefficient (Wildman–Crippen LogP) is 2.56. The number of imide groups is 1. The van der Waals surface area contributed by atoms with Gasteiger partial charge in [0.2, 0.25) is 11.8 Å².